The van der Waals surface area contributed by atoms with Crippen LogP contribution >= 0.6 is 11.6 Å². The van der Waals surface area contributed by atoms with Crippen molar-refractivity contribution in [2.24, 2.45) is 0 Å². The fourth-order valence-electron chi connectivity index (χ4n) is 1.52. The van der Waals surface area contributed by atoms with Crippen molar-refractivity contribution in [3.05, 3.63) is 46.7 Å². The maximum Gasteiger partial charge on any atom is 0.0580 e. The van der Waals surface area contributed by atoms with Gasteiger partial charge in [-0.1, -0.05) is 11.6 Å². The number of H-pyrrole nitrogens is 1. The van der Waals surface area contributed by atoms with E-state index in [-0.39, 0.29) is 0 Å². The highest BCUT2D eigenvalue weighted by atomic mass is 35.5. The van der Waals surface area contributed by atoms with Crippen LogP contribution in [0, 0.1) is 6.92 Å². The van der Waals surface area contributed by atoms with E-state index in [1.54, 1.807) is 6.07 Å². The molecule has 4 heteroatoms. The molecule has 0 saturated carbocycles. The van der Waals surface area contributed by atoms with Crippen LogP contribution in [0.15, 0.2) is 30.6 Å². The Labute approximate surface area is 99.6 Å². The van der Waals surface area contributed by atoms with E-state index < -0.39 is 0 Å². The molecule has 1 heterocycles. The van der Waals surface area contributed by atoms with Crippen molar-refractivity contribution in [3.63, 3.8) is 0 Å². The molecule has 0 fully saturated rings. The number of aromatic nitrogens is 1. The number of aryl methyl sites for hydroxylation is 1. The van der Waals surface area contributed by atoms with Gasteiger partial charge in [-0.05, 0) is 36.2 Å². The lowest BCUT2D eigenvalue weighted by atomic mass is 10.2. The largest absolute Gasteiger partial charge is 0.397 e. The molecule has 0 spiro atoms. The molecule has 1 aromatic carbocycles. The molecule has 0 amide bonds. The van der Waals surface area contributed by atoms with E-state index in [9.17, 15) is 0 Å². The zero-order chi connectivity index (χ0) is 11.5. The van der Waals surface area contributed by atoms with Crippen molar-refractivity contribution in [2.45, 2.75) is 13.5 Å². The van der Waals surface area contributed by atoms with Gasteiger partial charge in [0, 0.05) is 24.0 Å². The average molecular weight is 236 g/mol. The number of nitrogen functional groups attached to an aromatic ring is 1. The van der Waals surface area contributed by atoms with E-state index >= 15 is 0 Å². The summed E-state index contributed by atoms with van der Waals surface area (Å²) in [4.78, 5) is 3.01. The minimum Gasteiger partial charge on any atom is -0.397 e. The molecule has 0 bridgehead atoms. The third kappa shape index (κ3) is 2.31. The summed E-state index contributed by atoms with van der Waals surface area (Å²) in [5.41, 5.74) is 9.67. The second kappa shape index (κ2) is 4.49. The Kier molecular flexibility index (Phi) is 3.06. The first-order chi connectivity index (χ1) is 7.66. The van der Waals surface area contributed by atoms with Gasteiger partial charge in [-0.25, -0.2) is 0 Å². The Morgan fingerprint density at radius 1 is 1.44 bits per heavy atom. The van der Waals surface area contributed by atoms with E-state index in [2.05, 4.69) is 10.3 Å². The molecule has 4 N–H and O–H groups in total. The van der Waals surface area contributed by atoms with Gasteiger partial charge in [-0.15, -0.1) is 0 Å². The molecule has 0 radical (unpaired) electrons. The molecule has 0 unspecified atom stereocenters. The lowest BCUT2D eigenvalue weighted by Gasteiger charge is -2.10. The van der Waals surface area contributed by atoms with Crippen molar-refractivity contribution in [1.29, 1.82) is 0 Å². The Hall–Kier alpha value is -1.61. The van der Waals surface area contributed by atoms with Gasteiger partial charge in [-0.3, -0.25) is 0 Å². The van der Waals surface area contributed by atoms with Crippen LogP contribution in [0.25, 0.3) is 0 Å². The normalized spacial score (nSPS) is 10.4. The van der Waals surface area contributed by atoms with Gasteiger partial charge in [0.2, 0.25) is 0 Å². The first kappa shape index (κ1) is 10.9. The summed E-state index contributed by atoms with van der Waals surface area (Å²) in [6.07, 6.45) is 3.85. The Balaban J connectivity index is 2.12. The highest BCUT2D eigenvalue weighted by molar-refractivity contribution is 6.31. The fourth-order valence-corrected chi connectivity index (χ4v) is 1.69. The Bertz CT molecular complexity index is 477. The lowest BCUT2D eigenvalue weighted by Crippen LogP contribution is -2.02. The summed E-state index contributed by atoms with van der Waals surface area (Å²) in [6, 6.07) is 5.76. The van der Waals surface area contributed by atoms with Crippen molar-refractivity contribution < 1.29 is 0 Å². The van der Waals surface area contributed by atoms with Crippen LogP contribution in [0.5, 0.6) is 0 Å². The van der Waals surface area contributed by atoms with Gasteiger partial charge in [0.15, 0.2) is 0 Å². The smallest absolute Gasteiger partial charge is 0.0580 e. The number of hydrogen-bond donors (Lipinski definition) is 3. The summed E-state index contributed by atoms with van der Waals surface area (Å²) < 4.78 is 0. The van der Waals surface area contributed by atoms with E-state index in [0.29, 0.717) is 10.7 Å². The maximum absolute atomic E-state index is 5.97. The first-order valence-corrected chi connectivity index (χ1v) is 5.46. The third-order valence-electron chi connectivity index (χ3n) is 2.48. The molecule has 0 atom stereocenters. The number of benzene rings is 1. The molecule has 3 nitrogen and oxygen atoms in total. The summed E-state index contributed by atoms with van der Waals surface area (Å²) in [7, 11) is 0. The van der Waals surface area contributed by atoms with Crippen molar-refractivity contribution in [3.8, 4) is 0 Å². The Morgan fingerprint density at radius 3 is 2.94 bits per heavy atom. The summed E-state index contributed by atoms with van der Waals surface area (Å²) in [5, 5.41) is 3.98. The molecule has 16 heavy (non-hydrogen) atoms. The highest BCUT2D eigenvalue weighted by Crippen LogP contribution is 2.26. The summed E-state index contributed by atoms with van der Waals surface area (Å²) in [5.74, 6) is 0. The topological polar surface area (TPSA) is 53.8 Å². The van der Waals surface area contributed by atoms with E-state index in [0.717, 1.165) is 17.8 Å². The number of halogens is 1. The first-order valence-electron chi connectivity index (χ1n) is 5.08. The molecule has 1 aromatic heterocycles. The van der Waals surface area contributed by atoms with Gasteiger partial charge < -0.3 is 16.0 Å². The number of nitrogens with one attached hydrogen (secondary N) is 2. The molecule has 0 aliphatic rings. The molecule has 2 rings (SSSR count). The highest BCUT2D eigenvalue weighted by Gasteiger charge is 2.03. The quantitative estimate of drug-likeness (QED) is 0.716. The molecule has 0 saturated heterocycles. The molecule has 0 aliphatic carbocycles. The molecule has 0 aliphatic heterocycles. The van der Waals surface area contributed by atoms with Gasteiger partial charge in [0.05, 0.1) is 11.4 Å². The van der Waals surface area contributed by atoms with E-state index in [1.807, 2.05) is 31.5 Å². The van der Waals surface area contributed by atoms with Crippen LogP contribution in [-0.2, 0) is 6.54 Å². The standard InChI is InChI=1S/C12H14ClN3/c1-8-4-12(11(14)5-10(8)13)16-7-9-2-3-15-6-9/h2-6,15-16H,7,14H2,1H3. The van der Waals surface area contributed by atoms with Gasteiger partial charge in [-0.2, -0.15) is 0 Å². The minimum absolute atomic E-state index is 0.672. The van der Waals surface area contributed by atoms with E-state index in [4.69, 9.17) is 17.3 Å². The van der Waals surface area contributed by atoms with Crippen LogP contribution < -0.4 is 11.1 Å². The second-order valence-corrected chi connectivity index (χ2v) is 4.17. The number of rotatable bonds is 3. The fraction of sp³-hybridized carbons (Fsp3) is 0.167. The second-order valence-electron chi connectivity index (χ2n) is 3.76. The predicted molar refractivity (Wildman–Crippen MR) is 68.7 cm³/mol. The third-order valence-corrected chi connectivity index (χ3v) is 2.88. The van der Waals surface area contributed by atoms with Crippen LogP contribution in [0.4, 0.5) is 11.4 Å². The average Bonchev–Trinajstić information content (AvgIpc) is 2.74. The van der Waals surface area contributed by atoms with Gasteiger partial charge in [0.25, 0.3) is 0 Å². The maximum atomic E-state index is 5.97. The SMILES string of the molecule is Cc1cc(NCc2cc[nH]c2)c(N)cc1Cl. The van der Waals surface area contributed by atoms with Crippen molar-refractivity contribution in [2.75, 3.05) is 11.1 Å². The summed E-state index contributed by atoms with van der Waals surface area (Å²) in [6.45, 7) is 2.71. The predicted octanol–water partition coefficient (Wildman–Crippen LogP) is 3.17. The van der Waals surface area contributed by atoms with Crippen molar-refractivity contribution in [1.82, 2.24) is 4.98 Å². The van der Waals surface area contributed by atoms with Crippen molar-refractivity contribution >= 4 is 23.0 Å². The molecular weight excluding hydrogens is 222 g/mol. The summed E-state index contributed by atoms with van der Waals surface area (Å²) >= 11 is 5.97. The number of aromatic amines is 1. The number of anilines is 2. The molecule has 2 aromatic rings. The number of nitrogens with two attached hydrogens (primary N) is 1. The van der Waals surface area contributed by atoms with Gasteiger partial charge in [0.1, 0.15) is 0 Å². The van der Waals surface area contributed by atoms with Crippen LogP contribution in [0.3, 0.4) is 0 Å². The monoisotopic (exact) mass is 235 g/mol. The molecular formula is C12H14ClN3. The van der Waals surface area contributed by atoms with Crippen LogP contribution in [-0.4, -0.2) is 4.98 Å². The zero-order valence-corrected chi connectivity index (χ0v) is 9.81. The minimum atomic E-state index is 0.672. The van der Waals surface area contributed by atoms with Gasteiger partial charge >= 0.3 is 0 Å². The van der Waals surface area contributed by atoms with E-state index in [1.165, 1.54) is 5.56 Å². The Morgan fingerprint density at radius 2 is 2.25 bits per heavy atom. The lowest BCUT2D eigenvalue weighted by molar-refractivity contribution is 1.15. The van der Waals surface area contributed by atoms with Crippen LogP contribution in [0.1, 0.15) is 11.1 Å². The molecule has 84 valence electrons. The number of hydrogen-bond acceptors (Lipinski definition) is 2. The zero-order valence-electron chi connectivity index (χ0n) is 9.05. The van der Waals surface area contributed by atoms with Crippen LogP contribution in [0.2, 0.25) is 5.02 Å².